The van der Waals surface area contributed by atoms with Crippen molar-refractivity contribution >= 4 is 10.9 Å². The molecule has 31 heavy (non-hydrogen) atoms. The van der Waals surface area contributed by atoms with Gasteiger partial charge in [0.05, 0.1) is 11.7 Å². The Kier molecular flexibility index (Phi) is 4.61. The van der Waals surface area contributed by atoms with Gasteiger partial charge in [-0.1, -0.05) is 51.1 Å². The molecule has 3 nitrogen and oxygen atoms in total. The maximum atomic E-state index is 11.2. The average molecular weight is 422 g/mol. The first kappa shape index (κ1) is 21.3. The van der Waals surface area contributed by atoms with Gasteiger partial charge in [0, 0.05) is 27.4 Å². The Hall–Kier alpha value is -1.58. The van der Waals surface area contributed by atoms with E-state index in [1.165, 1.54) is 35.9 Å². The number of fused-ring (bicyclic) bond motifs is 7. The van der Waals surface area contributed by atoms with E-state index >= 15 is 0 Å². The summed E-state index contributed by atoms with van der Waals surface area (Å²) in [6.45, 7) is 11.0. The molecular weight excluding hydrogens is 382 g/mol. The van der Waals surface area contributed by atoms with E-state index in [0.29, 0.717) is 11.8 Å². The van der Waals surface area contributed by atoms with E-state index in [-0.39, 0.29) is 22.3 Å². The van der Waals surface area contributed by atoms with Crippen molar-refractivity contribution < 1.29 is 10.2 Å². The maximum Gasteiger partial charge on any atom is 0.0771 e. The molecule has 0 unspecified atom stereocenters. The lowest BCUT2D eigenvalue weighted by Gasteiger charge is -2.64. The van der Waals surface area contributed by atoms with Gasteiger partial charge >= 0.3 is 0 Å². The van der Waals surface area contributed by atoms with E-state index in [9.17, 15) is 10.2 Å². The number of nitrogens with one attached hydrogen (secondary N) is 1. The minimum atomic E-state index is -0.812. The molecule has 5 rings (SSSR count). The number of aliphatic hydroxyl groups is 2. The van der Waals surface area contributed by atoms with Gasteiger partial charge in [-0.3, -0.25) is 0 Å². The third kappa shape index (κ3) is 2.85. The maximum absolute atomic E-state index is 11.2. The summed E-state index contributed by atoms with van der Waals surface area (Å²) in [5.41, 5.74) is 3.54. The van der Waals surface area contributed by atoms with E-state index in [4.69, 9.17) is 0 Å². The van der Waals surface area contributed by atoms with Gasteiger partial charge in [-0.25, -0.2) is 0 Å². The van der Waals surface area contributed by atoms with Crippen LogP contribution in [0.4, 0.5) is 0 Å². The quantitative estimate of drug-likeness (QED) is 0.541. The SMILES string of the molecule is CC(C)(O)/C=C/C[C@]1(C)[C@@H](O)CC[C@@]2(C)[C@H]1CC[C@H]1Cc3c([nH]c4ccccc34)[C@@]12C. The molecule has 3 heteroatoms. The van der Waals surface area contributed by atoms with Crippen LogP contribution in [0.1, 0.15) is 78.0 Å². The Morgan fingerprint density at radius 3 is 2.61 bits per heavy atom. The first-order valence-corrected chi connectivity index (χ1v) is 12.2. The second kappa shape index (κ2) is 6.71. The zero-order valence-electron chi connectivity index (χ0n) is 19.8. The molecule has 168 valence electrons. The molecular formula is C28H39NO2. The number of benzene rings is 1. The Labute approximate surface area is 187 Å². The van der Waals surface area contributed by atoms with Crippen LogP contribution in [0.25, 0.3) is 10.9 Å². The number of aliphatic hydroxyl groups excluding tert-OH is 1. The predicted octanol–water partition coefficient (Wildman–Crippen LogP) is 5.89. The van der Waals surface area contributed by atoms with Gasteiger partial charge in [0.1, 0.15) is 0 Å². The first-order valence-electron chi connectivity index (χ1n) is 12.2. The lowest BCUT2D eigenvalue weighted by Crippen LogP contribution is -2.62. The highest BCUT2D eigenvalue weighted by Gasteiger charge is 2.66. The zero-order valence-corrected chi connectivity index (χ0v) is 19.8. The van der Waals surface area contributed by atoms with E-state index < -0.39 is 5.60 Å². The average Bonchev–Trinajstić information content (AvgIpc) is 3.20. The lowest BCUT2D eigenvalue weighted by atomic mass is 9.40. The Morgan fingerprint density at radius 1 is 1.13 bits per heavy atom. The van der Waals surface area contributed by atoms with Gasteiger partial charge in [0.15, 0.2) is 0 Å². The second-order valence-electron chi connectivity index (χ2n) is 12.0. The molecule has 0 saturated heterocycles. The highest BCUT2D eigenvalue weighted by Crippen LogP contribution is 2.70. The third-order valence-corrected chi connectivity index (χ3v) is 9.94. The Morgan fingerprint density at radius 2 is 1.87 bits per heavy atom. The highest BCUT2D eigenvalue weighted by molar-refractivity contribution is 5.86. The van der Waals surface area contributed by atoms with Crippen LogP contribution in [0.15, 0.2) is 36.4 Å². The van der Waals surface area contributed by atoms with E-state index in [0.717, 1.165) is 19.3 Å². The smallest absolute Gasteiger partial charge is 0.0771 e. The van der Waals surface area contributed by atoms with Gasteiger partial charge in [-0.15, -0.1) is 0 Å². The molecule has 3 N–H and O–H groups in total. The summed E-state index contributed by atoms with van der Waals surface area (Å²) >= 11 is 0. The summed E-state index contributed by atoms with van der Waals surface area (Å²) < 4.78 is 0. The highest BCUT2D eigenvalue weighted by atomic mass is 16.3. The predicted molar refractivity (Wildman–Crippen MR) is 127 cm³/mol. The van der Waals surface area contributed by atoms with E-state index in [2.05, 4.69) is 56.1 Å². The summed E-state index contributed by atoms with van der Waals surface area (Å²) in [7, 11) is 0. The van der Waals surface area contributed by atoms with Crippen molar-refractivity contribution in [1.82, 2.24) is 4.98 Å². The summed E-state index contributed by atoms with van der Waals surface area (Å²) in [5, 5.41) is 22.8. The van der Waals surface area contributed by atoms with Crippen LogP contribution in [0.2, 0.25) is 0 Å². The summed E-state index contributed by atoms with van der Waals surface area (Å²) in [6.07, 6.45) is 10.1. The zero-order chi connectivity index (χ0) is 22.2. The first-order chi connectivity index (χ1) is 14.5. The van der Waals surface area contributed by atoms with E-state index in [1.807, 2.05) is 19.9 Å². The number of allylic oxidation sites excluding steroid dienone is 1. The molecule has 1 aromatic heterocycles. The van der Waals surface area contributed by atoms with Crippen molar-refractivity contribution in [3.8, 4) is 0 Å². The Bertz CT molecular complexity index is 1030. The molecule has 6 atom stereocenters. The van der Waals surface area contributed by atoms with Crippen LogP contribution in [0.5, 0.6) is 0 Å². The largest absolute Gasteiger partial charge is 0.393 e. The minimum absolute atomic E-state index is 0.103. The summed E-state index contributed by atoms with van der Waals surface area (Å²) in [6, 6.07) is 8.78. The number of aromatic nitrogens is 1. The molecule has 2 saturated carbocycles. The number of rotatable bonds is 3. The van der Waals surface area contributed by atoms with Crippen LogP contribution in [-0.4, -0.2) is 26.9 Å². The minimum Gasteiger partial charge on any atom is -0.393 e. The second-order valence-corrected chi connectivity index (χ2v) is 12.0. The van der Waals surface area contributed by atoms with Crippen LogP contribution in [0.3, 0.4) is 0 Å². The van der Waals surface area contributed by atoms with Crippen molar-refractivity contribution in [2.45, 2.75) is 90.3 Å². The van der Waals surface area contributed by atoms with Crippen molar-refractivity contribution in [3.05, 3.63) is 47.7 Å². The molecule has 0 amide bonds. The van der Waals surface area contributed by atoms with Crippen molar-refractivity contribution in [2.75, 3.05) is 0 Å². The van der Waals surface area contributed by atoms with Crippen LogP contribution < -0.4 is 0 Å². The molecule has 0 spiro atoms. The van der Waals surface area contributed by atoms with Gasteiger partial charge < -0.3 is 15.2 Å². The normalized spacial score (nSPS) is 40.2. The van der Waals surface area contributed by atoms with Crippen molar-refractivity contribution in [3.63, 3.8) is 0 Å². The van der Waals surface area contributed by atoms with Crippen LogP contribution in [-0.2, 0) is 11.8 Å². The number of H-pyrrole nitrogens is 1. The Balaban J connectivity index is 1.59. The molecule has 0 radical (unpaired) electrons. The number of aromatic amines is 1. The molecule has 1 aromatic carbocycles. The third-order valence-electron chi connectivity index (χ3n) is 9.94. The summed E-state index contributed by atoms with van der Waals surface area (Å²) in [5.74, 6) is 1.12. The summed E-state index contributed by atoms with van der Waals surface area (Å²) in [4.78, 5) is 3.87. The fraction of sp³-hybridized carbons (Fsp3) is 0.643. The van der Waals surface area contributed by atoms with Crippen molar-refractivity contribution in [1.29, 1.82) is 0 Å². The van der Waals surface area contributed by atoms with Gasteiger partial charge in [0.2, 0.25) is 0 Å². The fourth-order valence-corrected chi connectivity index (χ4v) is 8.07. The monoisotopic (exact) mass is 421 g/mol. The number of hydrogen-bond donors (Lipinski definition) is 3. The molecule has 2 aromatic rings. The van der Waals surface area contributed by atoms with Gasteiger partial charge in [0.25, 0.3) is 0 Å². The molecule has 0 bridgehead atoms. The molecule has 0 aliphatic heterocycles. The number of hydrogen-bond acceptors (Lipinski definition) is 2. The number of para-hydroxylation sites is 1. The molecule has 2 fully saturated rings. The fourth-order valence-electron chi connectivity index (χ4n) is 8.07. The van der Waals surface area contributed by atoms with Crippen LogP contribution in [0, 0.1) is 22.7 Å². The van der Waals surface area contributed by atoms with E-state index in [1.54, 1.807) is 5.56 Å². The molecule has 3 aliphatic carbocycles. The standard InChI is InChI=1S/C28H39NO2/c1-25(2,31)14-8-15-26(3)22-12-11-18-17-20-19-9-6-7-10-21(19)29-24(20)28(18,5)27(22,4)16-13-23(26)30/h6-10,14,18,22-23,29-31H,11-13,15-17H2,1-5H3/b14-8+/t18-,22-,23-,26-,27-,28+/m0/s1. The van der Waals surface area contributed by atoms with Gasteiger partial charge in [-0.2, -0.15) is 0 Å². The lowest BCUT2D eigenvalue weighted by molar-refractivity contribution is -0.162. The van der Waals surface area contributed by atoms with Crippen molar-refractivity contribution in [2.24, 2.45) is 22.7 Å². The van der Waals surface area contributed by atoms with Crippen LogP contribution >= 0.6 is 0 Å². The van der Waals surface area contributed by atoms with Gasteiger partial charge in [-0.05, 0) is 81.3 Å². The topological polar surface area (TPSA) is 56.2 Å². The molecule has 1 heterocycles. The molecule has 3 aliphatic rings.